The van der Waals surface area contributed by atoms with Crippen LogP contribution in [0.5, 0.6) is 0 Å². The summed E-state index contributed by atoms with van der Waals surface area (Å²) >= 11 is 0. The van der Waals surface area contributed by atoms with Crippen LogP contribution in [0, 0.1) is 0 Å². The third-order valence-corrected chi connectivity index (χ3v) is 1.16. The Morgan fingerprint density at radius 1 is 1.18 bits per heavy atom. The second kappa shape index (κ2) is 4.67. The smallest absolute Gasteiger partial charge is 0.116 e. The van der Waals surface area contributed by atoms with E-state index in [-0.39, 0.29) is 0 Å². The van der Waals surface area contributed by atoms with E-state index in [0.29, 0.717) is 0 Å². The topological polar surface area (TPSA) is 0 Å². The lowest BCUT2D eigenvalue weighted by molar-refractivity contribution is 0.670. The molecule has 0 aliphatic rings. The molecule has 0 bridgehead atoms. The number of hydrogen-bond donors (Lipinski definition) is 0. The molecule has 0 spiro atoms. The largest absolute Gasteiger partial charge is 0.208 e. The molecule has 0 aliphatic heterocycles. The molecule has 11 heavy (non-hydrogen) atoms. The molecule has 0 heterocycles. The van der Waals surface area contributed by atoms with Gasteiger partial charge in [0.2, 0.25) is 0 Å². The maximum Gasteiger partial charge on any atom is 0.116 e. The SMILES string of the molecule is C=C/C(C)=C\C(C)=C/C(=C)F. The highest BCUT2D eigenvalue weighted by Gasteiger charge is 1.86. The van der Waals surface area contributed by atoms with Crippen LogP contribution in [0.3, 0.4) is 0 Å². The summed E-state index contributed by atoms with van der Waals surface area (Å²) in [5.41, 5.74) is 1.86. The summed E-state index contributed by atoms with van der Waals surface area (Å²) < 4.78 is 12.2. The minimum absolute atomic E-state index is 0.421. The van der Waals surface area contributed by atoms with Gasteiger partial charge in [0, 0.05) is 0 Å². The fraction of sp³-hybridized carbons (Fsp3) is 0.200. The number of rotatable bonds is 3. The quantitative estimate of drug-likeness (QED) is 0.542. The lowest BCUT2D eigenvalue weighted by Crippen LogP contribution is -1.72. The molecule has 0 radical (unpaired) electrons. The number of allylic oxidation sites excluding steroid dienone is 6. The fourth-order valence-corrected chi connectivity index (χ4v) is 0.707. The summed E-state index contributed by atoms with van der Waals surface area (Å²) in [6.07, 6.45) is 4.95. The monoisotopic (exact) mass is 152 g/mol. The van der Waals surface area contributed by atoms with Crippen molar-refractivity contribution in [3.8, 4) is 0 Å². The van der Waals surface area contributed by atoms with Crippen molar-refractivity contribution < 1.29 is 4.39 Å². The van der Waals surface area contributed by atoms with Gasteiger partial charge in [-0.25, -0.2) is 4.39 Å². The first kappa shape index (κ1) is 9.89. The van der Waals surface area contributed by atoms with Crippen molar-refractivity contribution in [2.24, 2.45) is 0 Å². The van der Waals surface area contributed by atoms with Gasteiger partial charge in [-0.15, -0.1) is 0 Å². The first-order chi connectivity index (χ1) is 5.06. The van der Waals surface area contributed by atoms with Gasteiger partial charge in [0.1, 0.15) is 5.83 Å². The van der Waals surface area contributed by atoms with Gasteiger partial charge < -0.3 is 0 Å². The average molecular weight is 152 g/mol. The standard InChI is InChI=1S/C10H13F/c1-5-8(2)6-9(3)7-10(4)11/h5-7H,1,4H2,2-3H3/b8-6-,9-7-. The van der Waals surface area contributed by atoms with E-state index < -0.39 is 5.83 Å². The Labute approximate surface area is 67.4 Å². The predicted octanol–water partition coefficient (Wildman–Crippen LogP) is 3.55. The maximum atomic E-state index is 12.2. The van der Waals surface area contributed by atoms with Crippen LogP contribution in [0.4, 0.5) is 4.39 Å². The van der Waals surface area contributed by atoms with Crippen LogP contribution in [0.2, 0.25) is 0 Å². The zero-order chi connectivity index (χ0) is 8.85. The van der Waals surface area contributed by atoms with Crippen molar-refractivity contribution >= 4 is 0 Å². The highest BCUT2D eigenvalue weighted by molar-refractivity contribution is 5.29. The van der Waals surface area contributed by atoms with Crippen LogP contribution >= 0.6 is 0 Å². The molecule has 0 aromatic heterocycles. The summed E-state index contributed by atoms with van der Waals surface area (Å²) in [7, 11) is 0. The van der Waals surface area contributed by atoms with Gasteiger partial charge in [-0.2, -0.15) is 0 Å². The normalized spacial score (nSPS) is 13.0. The van der Waals surface area contributed by atoms with Crippen LogP contribution < -0.4 is 0 Å². The fourth-order valence-electron chi connectivity index (χ4n) is 0.707. The minimum atomic E-state index is -0.421. The molecule has 0 aromatic rings. The van der Waals surface area contributed by atoms with Gasteiger partial charge in [0.15, 0.2) is 0 Å². The number of halogens is 1. The Morgan fingerprint density at radius 3 is 2.09 bits per heavy atom. The molecular formula is C10H13F. The van der Waals surface area contributed by atoms with Crippen molar-refractivity contribution in [2.75, 3.05) is 0 Å². The number of hydrogen-bond acceptors (Lipinski definition) is 0. The molecule has 0 N–H and O–H groups in total. The summed E-state index contributed by atoms with van der Waals surface area (Å²) in [5.74, 6) is -0.421. The van der Waals surface area contributed by atoms with E-state index in [0.717, 1.165) is 11.1 Å². The lowest BCUT2D eigenvalue weighted by Gasteiger charge is -1.92. The zero-order valence-corrected chi connectivity index (χ0v) is 7.02. The zero-order valence-electron chi connectivity index (χ0n) is 7.02. The van der Waals surface area contributed by atoms with Crippen LogP contribution in [0.25, 0.3) is 0 Å². The molecule has 1 heteroatoms. The molecule has 0 saturated carbocycles. The first-order valence-corrected chi connectivity index (χ1v) is 3.39. The molecule has 0 nitrogen and oxygen atoms in total. The summed E-state index contributed by atoms with van der Waals surface area (Å²) in [5, 5.41) is 0. The van der Waals surface area contributed by atoms with Gasteiger partial charge in [-0.3, -0.25) is 0 Å². The average Bonchev–Trinajstić information content (AvgIpc) is 1.85. The molecule has 0 saturated heterocycles. The van der Waals surface area contributed by atoms with E-state index >= 15 is 0 Å². The molecule has 0 fully saturated rings. The minimum Gasteiger partial charge on any atom is -0.208 e. The molecule has 0 aliphatic carbocycles. The summed E-state index contributed by atoms with van der Waals surface area (Å²) in [6, 6.07) is 0. The third-order valence-electron chi connectivity index (χ3n) is 1.16. The van der Waals surface area contributed by atoms with Crippen molar-refractivity contribution in [1.29, 1.82) is 0 Å². The van der Waals surface area contributed by atoms with Crippen molar-refractivity contribution in [3.63, 3.8) is 0 Å². The van der Waals surface area contributed by atoms with Gasteiger partial charge in [0.05, 0.1) is 0 Å². The Kier molecular flexibility index (Phi) is 4.20. The van der Waals surface area contributed by atoms with Crippen LogP contribution in [-0.2, 0) is 0 Å². The van der Waals surface area contributed by atoms with Crippen LogP contribution in [-0.4, -0.2) is 0 Å². The van der Waals surface area contributed by atoms with E-state index in [2.05, 4.69) is 13.2 Å². The highest BCUT2D eigenvalue weighted by atomic mass is 19.1. The Bertz CT molecular complexity index is 219. The van der Waals surface area contributed by atoms with E-state index in [1.54, 1.807) is 6.08 Å². The molecule has 60 valence electrons. The van der Waals surface area contributed by atoms with E-state index in [1.165, 1.54) is 6.08 Å². The second-order valence-corrected chi connectivity index (χ2v) is 2.43. The van der Waals surface area contributed by atoms with E-state index in [4.69, 9.17) is 0 Å². The van der Waals surface area contributed by atoms with Gasteiger partial charge in [-0.05, 0) is 25.5 Å². The van der Waals surface area contributed by atoms with Crippen LogP contribution in [0.15, 0.2) is 48.4 Å². The highest BCUT2D eigenvalue weighted by Crippen LogP contribution is 2.05. The van der Waals surface area contributed by atoms with Gasteiger partial charge in [-0.1, -0.05) is 30.9 Å². The Morgan fingerprint density at radius 2 is 1.73 bits per heavy atom. The van der Waals surface area contributed by atoms with Crippen molar-refractivity contribution in [2.45, 2.75) is 13.8 Å². The van der Waals surface area contributed by atoms with Crippen LogP contribution in [0.1, 0.15) is 13.8 Å². The molecule has 0 amide bonds. The predicted molar refractivity (Wildman–Crippen MR) is 48.0 cm³/mol. The first-order valence-electron chi connectivity index (χ1n) is 3.39. The van der Waals surface area contributed by atoms with Gasteiger partial charge >= 0.3 is 0 Å². The van der Waals surface area contributed by atoms with Crippen molar-refractivity contribution in [3.05, 3.63) is 48.4 Å². The molecule has 0 atom stereocenters. The molecule has 0 rings (SSSR count). The summed E-state index contributed by atoms with van der Waals surface area (Å²) in [6.45, 7) is 10.4. The lowest BCUT2D eigenvalue weighted by atomic mass is 10.2. The third kappa shape index (κ3) is 5.34. The van der Waals surface area contributed by atoms with Crippen molar-refractivity contribution in [1.82, 2.24) is 0 Å². The van der Waals surface area contributed by atoms with E-state index in [9.17, 15) is 4.39 Å². The Hall–Kier alpha value is -1.11. The molecule has 0 aromatic carbocycles. The Balaban J connectivity index is 4.38. The summed E-state index contributed by atoms with van der Waals surface area (Å²) in [4.78, 5) is 0. The molecular weight excluding hydrogens is 139 g/mol. The van der Waals surface area contributed by atoms with E-state index in [1.807, 2.05) is 19.9 Å². The second-order valence-electron chi connectivity index (χ2n) is 2.43. The molecule has 0 unspecified atom stereocenters. The van der Waals surface area contributed by atoms with Gasteiger partial charge in [0.25, 0.3) is 0 Å². The maximum absolute atomic E-state index is 12.2.